The summed E-state index contributed by atoms with van der Waals surface area (Å²) in [4.78, 5) is 24.5. The van der Waals surface area contributed by atoms with Gasteiger partial charge in [-0.2, -0.15) is 10.2 Å². The minimum Gasteiger partial charge on any atom is -0.351 e. The first-order chi connectivity index (χ1) is 18.2. The summed E-state index contributed by atoms with van der Waals surface area (Å²) in [5.41, 5.74) is 1.57. The Labute approximate surface area is 221 Å². The number of hydrogen-bond donors (Lipinski definition) is 2. The first kappa shape index (κ1) is 23.9. The number of carbonyl (C=O) groups is 1. The Morgan fingerprint density at radius 3 is 2.74 bits per heavy atom. The van der Waals surface area contributed by atoms with Crippen molar-refractivity contribution in [2.75, 3.05) is 43.9 Å². The predicted octanol–water partition coefficient (Wildman–Crippen LogP) is 3.87. The summed E-state index contributed by atoms with van der Waals surface area (Å²) < 4.78 is 16.7. The normalized spacial score (nSPS) is 23.8. The fourth-order valence-electron chi connectivity index (χ4n) is 6.20. The van der Waals surface area contributed by atoms with Crippen LogP contribution in [0.3, 0.4) is 0 Å². The van der Waals surface area contributed by atoms with Crippen LogP contribution >= 0.6 is 0 Å². The lowest BCUT2D eigenvalue weighted by Gasteiger charge is -2.43. The van der Waals surface area contributed by atoms with Gasteiger partial charge in [0, 0.05) is 37.4 Å². The van der Waals surface area contributed by atoms with E-state index < -0.39 is 5.67 Å². The number of hydrogen-bond acceptors (Lipinski definition) is 6. The van der Waals surface area contributed by atoms with Crippen molar-refractivity contribution in [3.63, 3.8) is 0 Å². The SMILES string of the molecule is CC1CCN(C(=O)Nc2cn[nH]c2-c2cc3c(cn2)c(N2CC(N(C)C)C2)nn3CC2(F)CC2)C2(CC2)C1. The van der Waals surface area contributed by atoms with Gasteiger partial charge >= 0.3 is 6.03 Å². The number of likely N-dealkylation sites (tertiary alicyclic amines) is 1. The molecular weight excluding hydrogens is 485 g/mol. The molecule has 11 heteroatoms. The molecule has 1 spiro atoms. The maximum absolute atomic E-state index is 14.9. The van der Waals surface area contributed by atoms with Crippen LogP contribution in [0.4, 0.5) is 20.7 Å². The van der Waals surface area contributed by atoms with Gasteiger partial charge in [-0.3, -0.25) is 14.8 Å². The van der Waals surface area contributed by atoms with Crippen LogP contribution in [-0.4, -0.2) is 91.8 Å². The molecule has 2 aliphatic carbocycles. The molecule has 2 amide bonds. The number of H-pyrrole nitrogens is 1. The molecular formula is C27H36FN9O. The van der Waals surface area contributed by atoms with Crippen molar-refractivity contribution in [1.82, 2.24) is 34.8 Å². The largest absolute Gasteiger partial charge is 0.351 e. The van der Waals surface area contributed by atoms with Gasteiger partial charge in [0.2, 0.25) is 0 Å². The number of alkyl halides is 1. The Morgan fingerprint density at radius 2 is 2.03 bits per heavy atom. The van der Waals surface area contributed by atoms with E-state index in [1.165, 1.54) is 0 Å². The van der Waals surface area contributed by atoms with Gasteiger partial charge in [0.25, 0.3) is 0 Å². The number of urea groups is 1. The van der Waals surface area contributed by atoms with Crippen LogP contribution in [0.15, 0.2) is 18.5 Å². The summed E-state index contributed by atoms with van der Waals surface area (Å²) in [5.74, 6) is 1.51. The van der Waals surface area contributed by atoms with Crippen molar-refractivity contribution >= 4 is 28.4 Å². The number of rotatable bonds is 6. The molecule has 2 saturated heterocycles. The van der Waals surface area contributed by atoms with E-state index in [0.717, 1.165) is 62.0 Å². The summed E-state index contributed by atoms with van der Waals surface area (Å²) in [6.45, 7) is 5.06. The Morgan fingerprint density at radius 1 is 1.24 bits per heavy atom. The Bertz CT molecular complexity index is 1380. The Balaban J connectivity index is 1.18. The second-order valence-electron chi connectivity index (χ2n) is 12.3. The van der Waals surface area contributed by atoms with Crippen LogP contribution in [0, 0.1) is 5.92 Å². The van der Waals surface area contributed by atoms with E-state index in [4.69, 9.17) is 10.1 Å². The van der Waals surface area contributed by atoms with Crippen molar-refractivity contribution in [2.24, 2.45) is 5.92 Å². The summed E-state index contributed by atoms with van der Waals surface area (Å²) in [6, 6.07) is 2.34. The van der Waals surface area contributed by atoms with Gasteiger partial charge in [0.15, 0.2) is 5.82 Å². The molecule has 0 aromatic carbocycles. The zero-order valence-electron chi connectivity index (χ0n) is 22.4. The van der Waals surface area contributed by atoms with E-state index in [9.17, 15) is 9.18 Å². The predicted molar refractivity (Wildman–Crippen MR) is 144 cm³/mol. The third-order valence-corrected chi connectivity index (χ3v) is 9.09. The number of halogens is 1. The molecule has 4 fully saturated rings. The molecule has 0 bridgehead atoms. The summed E-state index contributed by atoms with van der Waals surface area (Å²) in [7, 11) is 4.17. The fraction of sp³-hybridized carbons (Fsp3) is 0.630. The number of amides is 2. The molecule has 3 aromatic heterocycles. The lowest BCUT2D eigenvalue weighted by Crippen LogP contribution is -2.57. The average molecular weight is 522 g/mol. The van der Waals surface area contributed by atoms with Gasteiger partial charge in [-0.25, -0.2) is 9.18 Å². The molecule has 5 heterocycles. The molecule has 2 N–H and O–H groups in total. The number of likely N-dealkylation sites (N-methyl/N-ethyl adjacent to an activating group) is 1. The first-order valence-electron chi connectivity index (χ1n) is 13.8. The zero-order valence-corrected chi connectivity index (χ0v) is 22.4. The number of pyridine rings is 1. The van der Waals surface area contributed by atoms with Gasteiger partial charge in [-0.1, -0.05) is 6.92 Å². The molecule has 2 aliphatic heterocycles. The van der Waals surface area contributed by atoms with Crippen LogP contribution in [-0.2, 0) is 6.54 Å². The number of anilines is 2. The summed E-state index contributed by atoms with van der Waals surface area (Å²) in [5, 5.41) is 16.1. The summed E-state index contributed by atoms with van der Waals surface area (Å²) in [6.07, 6.45) is 8.86. The van der Waals surface area contributed by atoms with E-state index in [1.54, 1.807) is 10.9 Å². The van der Waals surface area contributed by atoms with E-state index in [1.807, 2.05) is 17.2 Å². The van der Waals surface area contributed by atoms with Crippen molar-refractivity contribution in [1.29, 1.82) is 0 Å². The standard InChI is InChI=1S/C27H36FN9O/c1-17-4-9-36(27(11-17)7-8-27)25(38)31-21-13-30-32-23(21)20-10-22-19(12-29-20)24(35-14-18(15-35)34(2)3)33-37(22)16-26(28)5-6-26/h10,12-13,17-18H,4-9,11,14-16H2,1-3H3,(H,30,32)(H,31,38). The lowest BCUT2D eigenvalue weighted by atomic mass is 9.91. The van der Waals surface area contributed by atoms with E-state index in [2.05, 4.69) is 46.3 Å². The Kier molecular flexibility index (Phi) is 5.27. The lowest BCUT2D eigenvalue weighted by molar-refractivity contribution is 0.128. The molecule has 0 radical (unpaired) electrons. The highest BCUT2D eigenvalue weighted by Gasteiger charge is 2.52. The zero-order chi connectivity index (χ0) is 26.2. The fourth-order valence-corrected chi connectivity index (χ4v) is 6.20. The topological polar surface area (TPSA) is 98.2 Å². The minimum atomic E-state index is -1.18. The highest BCUT2D eigenvalue weighted by atomic mass is 19.1. The quantitative estimate of drug-likeness (QED) is 0.511. The number of aromatic nitrogens is 5. The van der Waals surface area contributed by atoms with Crippen molar-refractivity contribution in [3.05, 3.63) is 18.5 Å². The first-order valence-corrected chi connectivity index (χ1v) is 13.8. The highest BCUT2D eigenvalue weighted by Crippen LogP contribution is 2.50. The van der Waals surface area contributed by atoms with Crippen molar-refractivity contribution < 1.29 is 9.18 Å². The van der Waals surface area contributed by atoms with E-state index >= 15 is 0 Å². The molecule has 2 saturated carbocycles. The number of aromatic amines is 1. The van der Waals surface area contributed by atoms with E-state index in [0.29, 0.717) is 41.9 Å². The average Bonchev–Trinajstić information content (AvgIpc) is 3.68. The number of carbonyl (C=O) groups excluding carboxylic acids is 1. The molecule has 1 atom stereocenters. The van der Waals surface area contributed by atoms with Gasteiger partial charge in [-0.05, 0) is 64.6 Å². The third-order valence-electron chi connectivity index (χ3n) is 9.09. The van der Waals surface area contributed by atoms with E-state index in [-0.39, 0.29) is 18.1 Å². The monoisotopic (exact) mass is 521 g/mol. The molecule has 4 aliphatic rings. The molecule has 202 valence electrons. The number of piperidine rings is 1. The smallest absolute Gasteiger partial charge is 0.322 e. The maximum Gasteiger partial charge on any atom is 0.322 e. The summed E-state index contributed by atoms with van der Waals surface area (Å²) >= 11 is 0. The molecule has 3 aromatic rings. The van der Waals surface area contributed by atoms with Gasteiger partial charge < -0.3 is 20.0 Å². The maximum atomic E-state index is 14.9. The molecule has 1 unspecified atom stereocenters. The van der Waals surface area contributed by atoms with Crippen LogP contribution in [0.2, 0.25) is 0 Å². The van der Waals surface area contributed by atoms with Crippen molar-refractivity contribution in [3.8, 4) is 11.4 Å². The highest BCUT2D eigenvalue weighted by molar-refractivity contribution is 5.96. The Hall–Kier alpha value is -3.21. The molecule has 38 heavy (non-hydrogen) atoms. The molecule has 10 nitrogen and oxygen atoms in total. The third kappa shape index (κ3) is 4.02. The van der Waals surface area contributed by atoms with Gasteiger partial charge in [0.1, 0.15) is 11.4 Å². The van der Waals surface area contributed by atoms with Crippen LogP contribution < -0.4 is 10.2 Å². The minimum absolute atomic E-state index is 0.0271. The second-order valence-corrected chi connectivity index (χ2v) is 12.3. The van der Waals surface area contributed by atoms with Crippen LogP contribution in [0.25, 0.3) is 22.3 Å². The van der Waals surface area contributed by atoms with Crippen LogP contribution in [0.5, 0.6) is 0 Å². The van der Waals surface area contributed by atoms with Gasteiger partial charge in [-0.15, -0.1) is 0 Å². The van der Waals surface area contributed by atoms with Gasteiger partial charge in [0.05, 0.1) is 35.0 Å². The number of nitrogens with one attached hydrogen (secondary N) is 2. The number of nitrogens with zero attached hydrogens (tertiary/aromatic N) is 7. The van der Waals surface area contributed by atoms with Crippen molar-refractivity contribution in [2.45, 2.75) is 69.2 Å². The number of fused-ring (bicyclic) bond motifs is 1. The van der Waals surface area contributed by atoms with Crippen LogP contribution in [0.1, 0.15) is 45.4 Å². The molecule has 7 rings (SSSR count). The second kappa shape index (κ2) is 8.39.